The van der Waals surface area contributed by atoms with E-state index in [9.17, 15) is 38.4 Å². The molecule has 0 saturated carbocycles. The van der Waals surface area contributed by atoms with Crippen molar-refractivity contribution in [3.63, 3.8) is 0 Å². The summed E-state index contributed by atoms with van der Waals surface area (Å²) in [7, 11) is 5.93. The predicted octanol–water partition coefficient (Wildman–Crippen LogP) is 4.41. The van der Waals surface area contributed by atoms with Gasteiger partial charge in [0.25, 0.3) is 0 Å². The molecule has 336 valence electrons. The molecule has 0 aliphatic carbocycles. The average Bonchev–Trinajstić information content (AvgIpc) is 3.80. The first-order valence-corrected chi connectivity index (χ1v) is 18.9. The Morgan fingerprint density at radius 3 is 1.81 bits per heavy atom. The number of ether oxygens (including phenoxy) is 8. The monoisotopic (exact) mass is 870 g/mol. The van der Waals surface area contributed by atoms with Crippen molar-refractivity contribution < 1.29 is 81.0 Å². The van der Waals surface area contributed by atoms with Gasteiger partial charge in [-0.15, -0.1) is 0 Å². The maximum atomic E-state index is 12.2. The van der Waals surface area contributed by atoms with Gasteiger partial charge in [0.2, 0.25) is 5.91 Å². The van der Waals surface area contributed by atoms with Crippen LogP contribution in [0.4, 0.5) is 0 Å². The lowest BCUT2D eigenvalue weighted by atomic mass is 10.0. The van der Waals surface area contributed by atoms with Gasteiger partial charge in [0.05, 0.1) is 54.7 Å². The van der Waals surface area contributed by atoms with Crippen LogP contribution in [0.25, 0.3) is 10.8 Å². The Morgan fingerprint density at radius 1 is 0.742 bits per heavy atom. The summed E-state index contributed by atoms with van der Waals surface area (Å²) >= 11 is 0. The summed E-state index contributed by atoms with van der Waals surface area (Å²) in [5.41, 5.74) is 0.295. The number of rotatable bonds is 13. The predicted molar refractivity (Wildman–Crippen MR) is 216 cm³/mol. The minimum atomic E-state index is -1.15. The largest absolute Gasteiger partial charge is 0.497 e. The van der Waals surface area contributed by atoms with Crippen LogP contribution in [0.15, 0.2) is 58.3 Å². The van der Waals surface area contributed by atoms with Crippen molar-refractivity contribution in [1.29, 1.82) is 0 Å². The smallest absolute Gasteiger partial charge is 0.349 e. The Hall–Kier alpha value is -7.25. The number of cyclic esters (lactones) is 2. The number of hydrogen-bond acceptors (Lipinski definition) is 18. The third kappa shape index (κ3) is 13.9. The van der Waals surface area contributed by atoms with Crippen LogP contribution < -0.4 is 24.6 Å². The van der Waals surface area contributed by atoms with Crippen molar-refractivity contribution in [2.75, 3.05) is 48.3 Å². The van der Waals surface area contributed by atoms with E-state index < -0.39 is 59.2 Å². The van der Waals surface area contributed by atoms with Gasteiger partial charge in [0, 0.05) is 24.5 Å². The number of aromatic nitrogens is 2. The van der Waals surface area contributed by atoms with Gasteiger partial charge in [-0.2, -0.15) is 0 Å². The average molecular weight is 871 g/mol. The zero-order chi connectivity index (χ0) is 46.7. The zero-order valence-corrected chi connectivity index (χ0v) is 36.0. The number of carbonyl (C=O) groups excluding carboxylic acids is 6. The number of carboxylic acids is 1. The topological polar surface area (TPSA) is 262 Å². The minimum absolute atomic E-state index is 0.0502. The van der Waals surface area contributed by atoms with E-state index in [-0.39, 0.29) is 37.9 Å². The van der Waals surface area contributed by atoms with Gasteiger partial charge in [0.15, 0.2) is 5.92 Å². The normalized spacial score (nSPS) is 12.6. The van der Waals surface area contributed by atoms with E-state index in [1.807, 2.05) is 0 Å². The summed E-state index contributed by atoms with van der Waals surface area (Å²) in [4.78, 5) is 93.8. The van der Waals surface area contributed by atoms with Crippen LogP contribution in [0.5, 0.6) is 23.0 Å². The van der Waals surface area contributed by atoms with Crippen molar-refractivity contribution in [3.8, 4) is 23.0 Å². The summed E-state index contributed by atoms with van der Waals surface area (Å²) in [6, 6.07) is 8.14. The molecule has 0 fully saturated rings. The van der Waals surface area contributed by atoms with E-state index in [0.29, 0.717) is 44.9 Å². The molecule has 1 aliphatic rings. The number of methoxy groups -OCH3 is 4. The Bertz CT molecular complexity index is 2260. The number of imidazole rings is 1. The van der Waals surface area contributed by atoms with Crippen LogP contribution in [-0.2, 0) is 49.3 Å². The standard InChI is InChI=1S/C16H18O6.C11H10O5.C9H12N2O3.C6H10O4/c1-5-21-15(17)9(2)12-7-10-6-11(19-3)8-13(20-4)14(10)16(18)22-12;1-14-7-3-6-4-9(12)16-11(13)10(6)8(5-7)15-2;1-3-14-9(13)7(2)8(12)11-5-4-10-6-11;1-3-10-6(9)4(2)5(7)8/h6-9H,5H2,1-4H3;3,5H,4H2,1-2H3;4-7H,3H2,1-2H3;4H,3H2,1-2H3,(H,7,8). The fourth-order valence-electron chi connectivity index (χ4n) is 5.15. The second kappa shape index (κ2) is 24.7. The molecule has 2 aromatic carbocycles. The third-order valence-electron chi connectivity index (χ3n) is 8.48. The SMILES string of the molecule is CCOC(=O)C(C)C(=O)O.CCOC(=O)C(C)C(=O)n1ccnc1.CCOC(=O)C(C)c1cc2cc(OC)cc(OC)c2c(=O)o1.COc1cc2c(c(OC)c1)C(=O)OC(=O)C2. The summed E-state index contributed by atoms with van der Waals surface area (Å²) in [5.74, 6) is -4.84. The number of esters is 5. The highest BCUT2D eigenvalue weighted by molar-refractivity contribution is 6.04. The van der Waals surface area contributed by atoms with Crippen molar-refractivity contribution in [1.82, 2.24) is 9.55 Å². The van der Waals surface area contributed by atoms with Crippen molar-refractivity contribution in [3.05, 3.63) is 76.4 Å². The number of benzene rings is 2. The lowest BCUT2D eigenvalue weighted by Crippen LogP contribution is -2.27. The molecule has 62 heavy (non-hydrogen) atoms. The molecule has 5 rings (SSSR count). The Labute approximate surface area is 355 Å². The van der Waals surface area contributed by atoms with Crippen LogP contribution in [0.1, 0.15) is 73.9 Å². The molecule has 0 saturated heterocycles. The molecule has 2 aromatic heterocycles. The third-order valence-corrected chi connectivity index (χ3v) is 8.48. The Morgan fingerprint density at radius 2 is 1.29 bits per heavy atom. The summed E-state index contributed by atoms with van der Waals surface area (Å²) in [6.07, 6.45) is 4.39. The molecule has 1 aliphatic heterocycles. The van der Waals surface area contributed by atoms with Gasteiger partial charge >= 0.3 is 41.4 Å². The molecule has 0 radical (unpaired) electrons. The molecule has 0 amide bonds. The van der Waals surface area contributed by atoms with Crippen LogP contribution in [-0.4, -0.2) is 105 Å². The second-order valence-corrected chi connectivity index (χ2v) is 12.6. The first kappa shape index (κ1) is 50.9. The number of carboxylic acid groups (broad SMARTS) is 1. The fourth-order valence-corrected chi connectivity index (χ4v) is 5.15. The van der Waals surface area contributed by atoms with Gasteiger partial charge in [-0.3, -0.25) is 33.3 Å². The fraction of sp³-hybridized carbons (Fsp3) is 0.405. The maximum Gasteiger partial charge on any atom is 0.349 e. The number of hydrogen-bond donors (Lipinski definition) is 1. The van der Waals surface area contributed by atoms with E-state index in [4.69, 9.17) is 37.9 Å². The van der Waals surface area contributed by atoms with Crippen LogP contribution in [0.3, 0.4) is 0 Å². The van der Waals surface area contributed by atoms with E-state index in [1.54, 1.807) is 58.0 Å². The number of fused-ring (bicyclic) bond motifs is 2. The summed E-state index contributed by atoms with van der Waals surface area (Å²) in [6.45, 7) is 10.2. The van der Waals surface area contributed by atoms with E-state index in [0.717, 1.165) is 0 Å². The first-order valence-electron chi connectivity index (χ1n) is 18.9. The molecular formula is C42H50N2O18. The molecule has 20 heteroatoms. The summed E-state index contributed by atoms with van der Waals surface area (Å²) < 4.78 is 45.7. The van der Waals surface area contributed by atoms with Gasteiger partial charge in [0.1, 0.15) is 57.9 Å². The quantitative estimate of drug-likeness (QED) is 0.111. The van der Waals surface area contributed by atoms with Crippen LogP contribution >= 0.6 is 0 Å². The zero-order valence-electron chi connectivity index (χ0n) is 36.0. The van der Waals surface area contributed by atoms with Gasteiger partial charge in [-0.25, -0.2) is 14.6 Å². The maximum absolute atomic E-state index is 12.2. The van der Waals surface area contributed by atoms with Crippen molar-refractivity contribution in [2.24, 2.45) is 11.8 Å². The molecular weight excluding hydrogens is 820 g/mol. The Balaban J connectivity index is 0.000000296. The van der Waals surface area contributed by atoms with Gasteiger partial charge < -0.3 is 47.4 Å². The molecule has 4 aromatic rings. The lowest BCUT2D eigenvalue weighted by molar-refractivity contribution is -0.157. The van der Waals surface area contributed by atoms with Crippen LogP contribution in [0, 0.1) is 11.8 Å². The van der Waals surface area contributed by atoms with Crippen LogP contribution in [0.2, 0.25) is 0 Å². The number of nitrogens with zero attached hydrogens (tertiary/aromatic N) is 2. The van der Waals surface area contributed by atoms with Gasteiger partial charge in [-0.1, -0.05) is 0 Å². The minimum Gasteiger partial charge on any atom is -0.497 e. The first-order chi connectivity index (χ1) is 29.4. The van der Waals surface area contributed by atoms with Crippen molar-refractivity contribution >= 4 is 52.5 Å². The molecule has 0 spiro atoms. The van der Waals surface area contributed by atoms with E-state index in [2.05, 4.69) is 14.5 Å². The van der Waals surface area contributed by atoms with Gasteiger partial charge in [-0.05, 0) is 70.7 Å². The number of aliphatic carboxylic acids is 1. The highest BCUT2D eigenvalue weighted by atomic mass is 16.6. The molecule has 3 heterocycles. The summed E-state index contributed by atoms with van der Waals surface area (Å²) in [5, 5.41) is 9.17. The second-order valence-electron chi connectivity index (χ2n) is 12.6. The van der Waals surface area contributed by atoms with E-state index in [1.165, 1.54) is 65.6 Å². The molecule has 3 unspecified atom stereocenters. The number of carbonyl (C=O) groups is 7. The molecule has 20 nitrogen and oxygen atoms in total. The molecule has 0 bridgehead atoms. The van der Waals surface area contributed by atoms with E-state index >= 15 is 0 Å². The highest BCUT2D eigenvalue weighted by Crippen LogP contribution is 2.33. The lowest BCUT2D eigenvalue weighted by Gasteiger charge is -2.17. The molecule has 3 atom stereocenters. The molecule has 1 N–H and O–H groups in total. The highest BCUT2D eigenvalue weighted by Gasteiger charge is 2.29. The Kier molecular flexibility index (Phi) is 20.3. The van der Waals surface area contributed by atoms with Crippen molar-refractivity contribution in [2.45, 2.75) is 53.9 Å².